The average molecular weight is 262 g/mol. The van der Waals surface area contributed by atoms with Crippen molar-refractivity contribution < 1.29 is 9.84 Å². The summed E-state index contributed by atoms with van der Waals surface area (Å²) in [6, 6.07) is 8.19. The van der Waals surface area contributed by atoms with Gasteiger partial charge in [-0.05, 0) is 49.3 Å². The monoisotopic (exact) mass is 262 g/mol. The van der Waals surface area contributed by atoms with Crippen LogP contribution < -0.4 is 4.74 Å². The lowest BCUT2D eigenvalue weighted by Gasteiger charge is -2.36. The molecular weight excluding hydrogens is 236 g/mol. The number of hydrogen-bond donors (Lipinski definition) is 1. The summed E-state index contributed by atoms with van der Waals surface area (Å²) in [5.74, 6) is 1.61. The van der Waals surface area contributed by atoms with E-state index in [2.05, 4.69) is 19.1 Å². The molecule has 2 nitrogen and oxygen atoms in total. The molecule has 1 aliphatic rings. The van der Waals surface area contributed by atoms with Gasteiger partial charge in [0.25, 0.3) is 0 Å². The molecule has 0 aromatic heterocycles. The summed E-state index contributed by atoms with van der Waals surface area (Å²) >= 11 is 0. The van der Waals surface area contributed by atoms with Crippen molar-refractivity contribution >= 4 is 0 Å². The van der Waals surface area contributed by atoms with E-state index in [0.29, 0.717) is 0 Å². The average Bonchev–Trinajstić information content (AvgIpc) is 2.46. The van der Waals surface area contributed by atoms with E-state index in [4.69, 9.17) is 4.74 Å². The molecule has 19 heavy (non-hydrogen) atoms. The van der Waals surface area contributed by atoms with Gasteiger partial charge in [-0.25, -0.2) is 0 Å². The zero-order valence-electron chi connectivity index (χ0n) is 12.2. The Kier molecular flexibility index (Phi) is 4.87. The SMILES string of the molecule is CCC1CCCC(O)(CCc2ccc(OC)cc2)C1. The van der Waals surface area contributed by atoms with Crippen molar-refractivity contribution in [1.29, 1.82) is 0 Å². The highest BCUT2D eigenvalue weighted by atomic mass is 16.5. The Labute approximate surface area is 116 Å². The molecule has 106 valence electrons. The highest BCUT2D eigenvalue weighted by Gasteiger charge is 2.32. The van der Waals surface area contributed by atoms with Crippen LogP contribution in [0.1, 0.15) is 51.0 Å². The first kappa shape index (κ1) is 14.4. The lowest BCUT2D eigenvalue weighted by Crippen LogP contribution is -2.35. The Morgan fingerprint density at radius 1 is 1.32 bits per heavy atom. The van der Waals surface area contributed by atoms with Crippen LogP contribution in [0.15, 0.2) is 24.3 Å². The molecule has 0 amide bonds. The van der Waals surface area contributed by atoms with Crippen molar-refractivity contribution in [2.75, 3.05) is 7.11 Å². The van der Waals surface area contributed by atoms with Gasteiger partial charge >= 0.3 is 0 Å². The molecule has 0 bridgehead atoms. The van der Waals surface area contributed by atoms with Gasteiger partial charge in [0.2, 0.25) is 0 Å². The van der Waals surface area contributed by atoms with Gasteiger partial charge in [0.05, 0.1) is 12.7 Å². The number of rotatable bonds is 5. The summed E-state index contributed by atoms with van der Waals surface area (Å²) in [5.41, 5.74) is 0.853. The minimum absolute atomic E-state index is 0.432. The van der Waals surface area contributed by atoms with Crippen LogP contribution in [0.25, 0.3) is 0 Å². The molecule has 0 heterocycles. The first-order chi connectivity index (χ1) is 9.15. The molecule has 1 aliphatic carbocycles. The van der Waals surface area contributed by atoms with Gasteiger partial charge in [0.15, 0.2) is 0 Å². The highest BCUT2D eigenvalue weighted by molar-refractivity contribution is 5.27. The lowest BCUT2D eigenvalue weighted by atomic mass is 9.74. The molecule has 1 aromatic carbocycles. The van der Waals surface area contributed by atoms with Crippen molar-refractivity contribution in [3.8, 4) is 5.75 Å². The smallest absolute Gasteiger partial charge is 0.118 e. The van der Waals surface area contributed by atoms with Crippen LogP contribution in [0.5, 0.6) is 5.75 Å². The topological polar surface area (TPSA) is 29.5 Å². The fraction of sp³-hybridized carbons (Fsp3) is 0.647. The van der Waals surface area contributed by atoms with E-state index in [1.807, 2.05) is 12.1 Å². The maximum atomic E-state index is 10.7. The van der Waals surface area contributed by atoms with Crippen molar-refractivity contribution in [1.82, 2.24) is 0 Å². The van der Waals surface area contributed by atoms with Crippen LogP contribution in [0.2, 0.25) is 0 Å². The molecule has 2 unspecified atom stereocenters. The van der Waals surface area contributed by atoms with Crippen LogP contribution in [-0.4, -0.2) is 17.8 Å². The fourth-order valence-electron chi connectivity index (χ4n) is 3.21. The first-order valence-electron chi connectivity index (χ1n) is 7.50. The first-order valence-corrected chi connectivity index (χ1v) is 7.50. The molecule has 0 radical (unpaired) electrons. The zero-order valence-corrected chi connectivity index (χ0v) is 12.2. The van der Waals surface area contributed by atoms with Crippen molar-refractivity contribution in [3.63, 3.8) is 0 Å². The van der Waals surface area contributed by atoms with Gasteiger partial charge in [-0.3, -0.25) is 0 Å². The van der Waals surface area contributed by atoms with Gasteiger partial charge in [-0.15, -0.1) is 0 Å². The number of aryl methyl sites for hydroxylation is 1. The Balaban J connectivity index is 1.89. The Morgan fingerprint density at radius 3 is 2.68 bits per heavy atom. The summed E-state index contributed by atoms with van der Waals surface area (Å²) in [5, 5.41) is 10.7. The van der Waals surface area contributed by atoms with Crippen LogP contribution in [-0.2, 0) is 6.42 Å². The lowest BCUT2D eigenvalue weighted by molar-refractivity contribution is -0.0234. The largest absolute Gasteiger partial charge is 0.497 e. The van der Waals surface area contributed by atoms with Crippen molar-refractivity contribution in [2.45, 2.75) is 57.5 Å². The minimum Gasteiger partial charge on any atom is -0.497 e. The molecule has 1 aromatic rings. The van der Waals surface area contributed by atoms with Crippen molar-refractivity contribution in [3.05, 3.63) is 29.8 Å². The van der Waals surface area contributed by atoms with Crippen LogP contribution in [0, 0.1) is 5.92 Å². The maximum Gasteiger partial charge on any atom is 0.118 e. The molecule has 1 N–H and O–H groups in total. The van der Waals surface area contributed by atoms with Gasteiger partial charge in [-0.1, -0.05) is 38.3 Å². The predicted octanol–water partition coefficient (Wildman–Crippen LogP) is 3.96. The minimum atomic E-state index is -0.432. The van der Waals surface area contributed by atoms with Gasteiger partial charge in [-0.2, -0.15) is 0 Å². The maximum absolute atomic E-state index is 10.7. The molecule has 0 saturated heterocycles. The second-order valence-corrected chi connectivity index (χ2v) is 5.94. The van der Waals surface area contributed by atoms with E-state index in [1.54, 1.807) is 7.11 Å². The third-order valence-electron chi connectivity index (χ3n) is 4.54. The molecule has 2 heteroatoms. The second kappa shape index (κ2) is 6.42. The molecule has 0 aliphatic heterocycles. The van der Waals surface area contributed by atoms with E-state index >= 15 is 0 Å². The molecule has 0 spiro atoms. The van der Waals surface area contributed by atoms with E-state index in [9.17, 15) is 5.11 Å². The Hall–Kier alpha value is -1.02. The fourth-order valence-corrected chi connectivity index (χ4v) is 3.21. The van der Waals surface area contributed by atoms with Gasteiger partial charge < -0.3 is 9.84 Å². The third kappa shape index (κ3) is 3.97. The van der Waals surface area contributed by atoms with E-state index < -0.39 is 5.60 Å². The predicted molar refractivity (Wildman–Crippen MR) is 78.5 cm³/mol. The number of aliphatic hydroxyl groups is 1. The molecule has 1 fully saturated rings. The number of benzene rings is 1. The number of hydrogen-bond acceptors (Lipinski definition) is 2. The highest BCUT2D eigenvalue weighted by Crippen LogP contribution is 2.37. The van der Waals surface area contributed by atoms with E-state index in [0.717, 1.165) is 37.4 Å². The standard InChI is InChI=1S/C17H26O2/c1-3-14-5-4-11-17(18,13-14)12-10-15-6-8-16(19-2)9-7-15/h6-9,14,18H,3-5,10-13H2,1-2H3. The Morgan fingerprint density at radius 2 is 2.05 bits per heavy atom. The van der Waals surface area contributed by atoms with Gasteiger partial charge in [0.1, 0.15) is 5.75 Å². The summed E-state index contributed by atoms with van der Waals surface area (Å²) in [6.07, 6.45) is 7.47. The van der Waals surface area contributed by atoms with Gasteiger partial charge in [0, 0.05) is 0 Å². The summed E-state index contributed by atoms with van der Waals surface area (Å²) in [7, 11) is 1.69. The normalized spacial score (nSPS) is 27.2. The quantitative estimate of drug-likeness (QED) is 0.870. The van der Waals surface area contributed by atoms with Crippen LogP contribution in [0.3, 0.4) is 0 Å². The van der Waals surface area contributed by atoms with E-state index in [1.165, 1.54) is 24.8 Å². The third-order valence-corrected chi connectivity index (χ3v) is 4.54. The molecule has 2 atom stereocenters. The van der Waals surface area contributed by atoms with Crippen LogP contribution >= 0.6 is 0 Å². The zero-order chi connectivity index (χ0) is 13.7. The second-order valence-electron chi connectivity index (χ2n) is 5.94. The summed E-state index contributed by atoms with van der Waals surface area (Å²) < 4.78 is 5.16. The van der Waals surface area contributed by atoms with E-state index in [-0.39, 0.29) is 0 Å². The molecule has 1 saturated carbocycles. The Bertz CT molecular complexity index is 385. The summed E-state index contributed by atoms with van der Waals surface area (Å²) in [6.45, 7) is 2.24. The number of methoxy groups -OCH3 is 1. The van der Waals surface area contributed by atoms with Crippen LogP contribution in [0.4, 0.5) is 0 Å². The molecular formula is C17H26O2. The van der Waals surface area contributed by atoms with Crippen molar-refractivity contribution in [2.24, 2.45) is 5.92 Å². The number of ether oxygens (including phenoxy) is 1. The molecule has 2 rings (SSSR count). The summed E-state index contributed by atoms with van der Waals surface area (Å²) in [4.78, 5) is 0.